The van der Waals surface area contributed by atoms with Crippen LogP contribution in [0.15, 0.2) is 11.3 Å². The van der Waals surface area contributed by atoms with E-state index in [1.165, 1.54) is 6.92 Å². The van der Waals surface area contributed by atoms with E-state index in [4.69, 9.17) is 11.7 Å². The van der Waals surface area contributed by atoms with Crippen LogP contribution in [0.4, 0.5) is 4.79 Å². The number of hydrogen-bond acceptors (Lipinski definition) is 5. The van der Waals surface area contributed by atoms with Gasteiger partial charge in [0.1, 0.15) is 11.6 Å². The number of nitriles is 1. The van der Waals surface area contributed by atoms with Crippen molar-refractivity contribution in [2.45, 2.75) is 13.8 Å². The number of terminal acetylenes is 1. The lowest BCUT2D eigenvalue weighted by Gasteiger charge is -2.07. The Bertz CT molecular complexity index is 479. The highest BCUT2D eigenvalue weighted by atomic mass is 16.2. The van der Waals surface area contributed by atoms with E-state index in [0.29, 0.717) is 0 Å². The molecule has 3 N–H and O–H groups in total. The standard InChI is InChI=1S/C11H12N4O3/c1-4-5-13-7(2)9(6-12)10(17)15-11(18)14-8(3)16/h1,13H,5H2,2-3H3,(H2,14,15,16,17,18)/b9-7-. The summed E-state index contributed by atoms with van der Waals surface area (Å²) in [5.74, 6) is 0.734. The molecule has 4 amide bonds. The summed E-state index contributed by atoms with van der Waals surface area (Å²) in [5, 5.41) is 15.1. The quantitative estimate of drug-likeness (QED) is 0.350. The van der Waals surface area contributed by atoms with Gasteiger partial charge in [-0.2, -0.15) is 5.26 Å². The van der Waals surface area contributed by atoms with Crippen molar-refractivity contribution >= 4 is 17.8 Å². The second-order valence-electron chi connectivity index (χ2n) is 3.13. The predicted molar refractivity (Wildman–Crippen MR) is 62.5 cm³/mol. The molecule has 7 heteroatoms. The molecule has 0 fully saturated rings. The summed E-state index contributed by atoms with van der Waals surface area (Å²) >= 11 is 0. The summed E-state index contributed by atoms with van der Waals surface area (Å²) in [5.41, 5.74) is -0.0486. The molecule has 94 valence electrons. The summed E-state index contributed by atoms with van der Waals surface area (Å²) in [6, 6.07) is 0.645. The van der Waals surface area contributed by atoms with Crippen LogP contribution in [-0.2, 0) is 9.59 Å². The highest BCUT2D eigenvalue weighted by Crippen LogP contribution is 1.99. The molecule has 0 aromatic heterocycles. The first-order chi connectivity index (χ1) is 8.42. The van der Waals surface area contributed by atoms with E-state index < -0.39 is 17.8 Å². The fourth-order valence-electron chi connectivity index (χ4n) is 0.934. The first kappa shape index (κ1) is 15.2. The molecule has 0 aliphatic rings. The molecule has 0 saturated carbocycles. The summed E-state index contributed by atoms with van der Waals surface area (Å²) < 4.78 is 0. The van der Waals surface area contributed by atoms with Gasteiger partial charge in [-0.15, -0.1) is 6.42 Å². The molecule has 0 heterocycles. The van der Waals surface area contributed by atoms with Gasteiger partial charge in [-0.25, -0.2) is 4.79 Å². The molecule has 0 aliphatic carbocycles. The number of nitrogens with zero attached hydrogens (tertiary/aromatic N) is 1. The largest absolute Gasteiger partial charge is 0.376 e. The van der Waals surface area contributed by atoms with Gasteiger partial charge in [0, 0.05) is 12.6 Å². The molecule has 0 saturated heterocycles. The number of allylic oxidation sites excluding steroid dienone is 1. The Hall–Kier alpha value is -2.80. The maximum absolute atomic E-state index is 11.5. The van der Waals surface area contributed by atoms with Gasteiger partial charge in [0.2, 0.25) is 5.91 Å². The molecule has 0 spiro atoms. The molecule has 0 aliphatic heterocycles. The Morgan fingerprint density at radius 1 is 1.22 bits per heavy atom. The third-order valence-corrected chi connectivity index (χ3v) is 1.69. The number of hydrogen-bond donors (Lipinski definition) is 3. The van der Waals surface area contributed by atoms with Crippen LogP contribution in [-0.4, -0.2) is 24.4 Å². The molecule has 0 atom stereocenters. The number of urea groups is 1. The van der Waals surface area contributed by atoms with Crippen molar-refractivity contribution in [1.29, 1.82) is 5.26 Å². The Labute approximate surface area is 104 Å². The predicted octanol–water partition coefficient (Wildman–Crippen LogP) is -0.621. The van der Waals surface area contributed by atoms with E-state index in [1.807, 2.05) is 10.6 Å². The van der Waals surface area contributed by atoms with E-state index in [1.54, 1.807) is 6.07 Å². The molecule has 0 unspecified atom stereocenters. The van der Waals surface area contributed by atoms with Crippen LogP contribution in [0.5, 0.6) is 0 Å². The van der Waals surface area contributed by atoms with Crippen LogP contribution in [0.2, 0.25) is 0 Å². The van der Waals surface area contributed by atoms with Crippen LogP contribution < -0.4 is 16.0 Å². The lowest BCUT2D eigenvalue weighted by Crippen LogP contribution is -2.42. The summed E-state index contributed by atoms with van der Waals surface area (Å²) in [7, 11) is 0. The Morgan fingerprint density at radius 3 is 2.28 bits per heavy atom. The zero-order chi connectivity index (χ0) is 14.1. The fraction of sp³-hybridized carbons (Fsp3) is 0.273. The zero-order valence-electron chi connectivity index (χ0n) is 9.96. The third-order valence-electron chi connectivity index (χ3n) is 1.69. The summed E-state index contributed by atoms with van der Waals surface area (Å²) in [6.45, 7) is 2.73. The van der Waals surface area contributed by atoms with Crippen molar-refractivity contribution in [3.8, 4) is 18.4 Å². The maximum atomic E-state index is 11.5. The highest BCUT2D eigenvalue weighted by molar-refractivity contribution is 6.09. The minimum absolute atomic E-state index is 0.143. The zero-order valence-corrected chi connectivity index (χ0v) is 9.96. The van der Waals surface area contributed by atoms with Crippen LogP contribution in [0.25, 0.3) is 0 Å². The number of imide groups is 2. The Morgan fingerprint density at radius 2 is 1.83 bits per heavy atom. The van der Waals surface area contributed by atoms with E-state index in [-0.39, 0.29) is 17.8 Å². The highest BCUT2D eigenvalue weighted by Gasteiger charge is 2.16. The fourth-order valence-corrected chi connectivity index (χ4v) is 0.934. The molecular weight excluding hydrogens is 236 g/mol. The second kappa shape index (κ2) is 7.47. The molecule has 0 aromatic rings. The van der Waals surface area contributed by atoms with Gasteiger partial charge in [-0.05, 0) is 6.92 Å². The molecule has 0 rings (SSSR count). The van der Waals surface area contributed by atoms with Crippen molar-refractivity contribution in [3.63, 3.8) is 0 Å². The molecule has 7 nitrogen and oxygen atoms in total. The van der Waals surface area contributed by atoms with Gasteiger partial charge in [0.15, 0.2) is 0 Å². The number of rotatable bonds is 3. The summed E-state index contributed by atoms with van der Waals surface area (Å²) in [6.07, 6.45) is 5.01. The number of amides is 4. The van der Waals surface area contributed by atoms with Crippen LogP contribution in [0, 0.1) is 23.7 Å². The smallest absolute Gasteiger partial charge is 0.328 e. The van der Waals surface area contributed by atoms with Gasteiger partial charge < -0.3 is 5.32 Å². The average Bonchev–Trinajstić information content (AvgIpc) is 2.25. The lowest BCUT2D eigenvalue weighted by molar-refractivity contribution is -0.118. The molecular formula is C11H12N4O3. The number of carbonyl (C=O) groups is 3. The SMILES string of the molecule is C#CCN/C(C)=C(/C#N)C(=O)NC(=O)NC(C)=O. The normalized spacial score (nSPS) is 10.2. The maximum Gasteiger partial charge on any atom is 0.328 e. The second-order valence-corrected chi connectivity index (χ2v) is 3.13. The minimum Gasteiger partial charge on any atom is -0.376 e. The van der Waals surface area contributed by atoms with Crippen LogP contribution >= 0.6 is 0 Å². The van der Waals surface area contributed by atoms with Gasteiger partial charge in [-0.3, -0.25) is 20.2 Å². The minimum atomic E-state index is -0.995. The Balaban J connectivity index is 4.74. The van der Waals surface area contributed by atoms with E-state index >= 15 is 0 Å². The molecule has 18 heavy (non-hydrogen) atoms. The van der Waals surface area contributed by atoms with Crippen molar-refractivity contribution in [2.75, 3.05) is 6.54 Å². The van der Waals surface area contributed by atoms with Crippen molar-refractivity contribution in [2.24, 2.45) is 0 Å². The Kier molecular flexibility index (Phi) is 6.31. The number of carbonyl (C=O) groups excluding carboxylic acids is 3. The lowest BCUT2D eigenvalue weighted by atomic mass is 10.2. The molecule has 0 aromatic carbocycles. The van der Waals surface area contributed by atoms with E-state index in [2.05, 4.69) is 11.2 Å². The number of nitrogens with one attached hydrogen (secondary N) is 3. The van der Waals surface area contributed by atoms with Crippen molar-refractivity contribution in [1.82, 2.24) is 16.0 Å². The molecule has 0 radical (unpaired) electrons. The van der Waals surface area contributed by atoms with E-state index in [9.17, 15) is 14.4 Å². The average molecular weight is 248 g/mol. The topological polar surface area (TPSA) is 111 Å². The first-order valence-electron chi connectivity index (χ1n) is 4.83. The van der Waals surface area contributed by atoms with Crippen LogP contribution in [0.1, 0.15) is 13.8 Å². The van der Waals surface area contributed by atoms with Crippen molar-refractivity contribution in [3.05, 3.63) is 11.3 Å². The summed E-state index contributed by atoms with van der Waals surface area (Å²) in [4.78, 5) is 33.1. The van der Waals surface area contributed by atoms with Gasteiger partial charge >= 0.3 is 6.03 Å². The first-order valence-corrected chi connectivity index (χ1v) is 4.83. The van der Waals surface area contributed by atoms with Crippen LogP contribution in [0.3, 0.4) is 0 Å². The van der Waals surface area contributed by atoms with Gasteiger partial charge in [-0.1, -0.05) is 5.92 Å². The molecule has 0 bridgehead atoms. The van der Waals surface area contributed by atoms with Gasteiger partial charge in [0.25, 0.3) is 5.91 Å². The van der Waals surface area contributed by atoms with E-state index in [0.717, 1.165) is 6.92 Å². The monoisotopic (exact) mass is 248 g/mol. The third kappa shape index (κ3) is 5.33. The van der Waals surface area contributed by atoms with Crippen molar-refractivity contribution < 1.29 is 14.4 Å². The van der Waals surface area contributed by atoms with Gasteiger partial charge in [0.05, 0.1) is 6.54 Å².